The van der Waals surface area contributed by atoms with Gasteiger partial charge in [0.05, 0.1) is 18.1 Å². The van der Waals surface area contributed by atoms with E-state index in [1.165, 1.54) is 6.07 Å². The van der Waals surface area contributed by atoms with Crippen LogP contribution in [0.5, 0.6) is 5.75 Å². The molecule has 1 amide bonds. The highest BCUT2D eigenvalue weighted by atomic mass is 35.5. The third-order valence-electron chi connectivity index (χ3n) is 3.91. The minimum Gasteiger partial charge on any atom is -0.490 e. The van der Waals surface area contributed by atoms with Crippen molar-refractivity contribution >= 4 is 23.5 Å². The lowest BCUT2D eigenvalue weighted by atomic mass is 9.99. The number of nitrogens with one attached hydrogen (secondary N) is 1. The molecule has 0 spiro atoms. The summed E-state index contributed by atoms with van der Waals surface area (Å²) in [6.45, 7) is 0.652. The van der Waals surface area contributed by atoms with Crippen LogP contribution in [0.15, 0.2) is 48.5 Å². The largest absolute Gasteiger partial charge is 0.490 e. The molecule has 144 valence electrons. The molecule has 2 aromatic carbocycles. The Morgan fingerprint density at radius 2 is 1.89 bits per heavy atom. The number of hydrogen-bond donors (Lipinski definition) is 2. The van der Waals surface area contributed by atoms with Crippen LogP contribution in [0.25, 0.3) is 0 Å². The van der Waals surface area contributed by atoms with E-state index < -0.39 is 17.8 Å². The average Bonchev–Trinajstić information content (AvgIpc) is 2.66. The van der Waals surface area contributed by atoms with Crippen LogP contribution in [0.1, 0.15) is 15.9 Å². The number of hydrogen-bond acceptors (Lipinski definition) is 4. The summed E-state index contributed by atoms with van der Waals surface area (Å²) in [6, 6.07) is 14.0. The van der Waals surface area contributed by atoms with Crippen molar-refractivity contribution in [2.24, 2.45) is 5.92 Å². The Bertz CT molecular complexity index is 766. The first kappa shape index (κ1) is 20.7. The van der Waals surface area contributed by atoms with Crippen LogP contribution >= 0.6 is 11.6 Å². The minimum absolute atomic E-state index is 0.00686. The molecular weight excluding hydrogens is 370 g/mol. The van der Waals surface area contributed by atoms with Gasteiger partial charge in [0.1, 0.15) is 12.4 Å². The lowest BCUT2D eigenvalue weighted by molar-refractivity contribution is -0.141. The second-order valence-corrected chi connectivity index (χ2v) is 6.35. The second-order valence-electron chi connectivity index (χ2n) is 5.92. The summed E-state index contributed by atoms with van der Waals surface area (Å²) in [5.41, 5.74) is 1.15. The van der Waals surface area contributed by atoms with Crippen molar-refractivity contribution in [3.8, 4) is 5.75 Å². The fourth-order valence-corrected chi connectivity index (χ4v) is 2.67. The van der Waals surface area contributed by atoms with E-state index >= 15 is 0 Å². The first-order valence-corrected chi connectivity index (χ1v) is 8.85. The maximum Gasteiger partial charge on any atom is 0.308 e. The smallest absolute Gasteiger partial charge is 0.308 e. The van der Waals surface area contributed by atoms with Crippen LogP contribution in [-0.4, -0.2) is 43.9 Å². The van der Waals surface area contributed by atoms with Gasteiger partial charge in [-0.1, -0.05) is 41.9 Å². The number of halogens is 1. The maximum atomic E-state index is 12.6. The standard InChI is InChI=1S/C20H22ClNO5/c1-26-9-10-27-18-8-7-16(21)12-17(18)19(23)22-13-15(20(24)25)11-14-5-3-2-4-6-14/h2-8,12,15H,9-11,13H2,1H3,(H,22,23)(H,24,25). The molecule has 0 aliphatic heterocycles. The Kier molecular flexibility index (Phi) is 8.10. The Balaban J connectivity index is 2.04. The van der Waals surface area contributed by atoms with E-state index in [4.69, 9.17) is 21.1 Å². The van der Waals surface area contributed by atoms with Crippen molar-refractivity contribution in [3.05, 3.63) is 64.7 Å². The number of ether oxygens (including phenoxy) is 2. The van der Waals surface area contributed by atoms with E-state index in [1.54, 1.807) is 19.2 Å². The molecule has 0 radical (unpaired) electrons. The molecule has 1 unspecified atom stereocenters. The molecule has 0 heterocycles. The number of rotatable bonds is 10. The van der Waals surface area contributed by atoms with Gasteiger partial charge in [0.15, 0.2) is 0 Å². The monoisotopic (exact) mass is 391 g/mol. The molecule has 1 atom stereocenters. The zero-order valence-electron chi connectivity index (χ0n) is 15.0. The van der Waals surface area contributed by atoms with Crippen molar-refractivity contribution in [1.29, 1.82) is 0 Å². The van der Waals surface area contributed by atoms with Crippen LogP contribution in [0, 0.1) is 5.92 Å². The molecule has 2 rings (SSSR count). The fourth-order valence-electron chi connectivity index (χ4n) is 2.50. The van der Waals surface area contributed by atoms with Gasteiger partial charge >= 0.3 is 5.97 Å². The maximum absolute atomic E-state index is 12.6. The van der Waals surface area contributed by atoms with Crippen LogP contribution in [0.2, 0.25) is 5.02 Å². The summed E-state index contributed by atoms with van der Waals surface area (Å²) >= 11 is 5.99. The Morgan fingerprint density at radius 1 is 1.15 bits per heavy atom. The lowest BCUT2D eigenvalue weighted by Crippen LogP contribution is -2.34. The molecule has 0 fully saturated rings. The van der Waals surface area contributed by atoms with Gasteiger partial charge in [0.25, 0.3) is 5.91 Å². The van der Waals surface area contributed by atoms with Gasteiger partial charge in [-0.2, -0.15) is 0 Å². The van der Waals surface area contributed by atoms with Crippen molar-refractivity contribution < 1.29 is 24.2 Å². The zero-order valence-corrected chi connectivity index (χ0v) is 15.7. The van der Waals surface area contributed by atoms with Gasteiger partial charge in [-0.05, 0) is 30.2 Å². The van der Waals surface area contributed by atoms with Crippen LogP contribution in [0.4, 0.5) is 0 Å². The average molecular weight is 392 g/mol. The molecule has 2 N–H and O–H groups in total. The molecule has 2 aromatic rings. The lowest BCUT2D eigenvalue weighted by Gasteiger charge is -2.15. The molecule has 7 heteroatoms. The summed E-state index contributed by atoms with van der Waals surface area (Å²) < 4.78 is 10.5. The van der Waals surface area contributed by atoms with E-state index in [0.717, 1.165) is 5.56 Å². The van der Waals surface area contributed by atoms with Crippen molar-refractivity contribution in [2.75, 3.05) is 26.9 Å². The Labute approximate surface area is 163 Å². The highest BCUT2D eigenvalue weighted by molar-refractivity contribution is 6.31. The summed E-state index contributed by atoms with van der Waals surface area (Å²) in [7, 11) is 1.55. The Morgan fingerprint density at radius 3 is 2.56 bits per heavy atom. The van der Waals surface area contributed by atoms with Gasteiger partial charge in [0.2, 0.25) is 0 Å². The predicted molar refractivity (Wildman–Crippen MR) is 102 cm³/mol. The molecule has 6 nitrogen and oxygen atoms in total. The summed E-state index contributed by atoms with van der Waals surface area (Å²) in [4.78, 5) is 24.1. The molecule has 0 saturated heterocycles. The fraction of sp³-hybridized carbons (Fsp3) is 0.300. The number of carboxylic acids is 1. The van der Waals surface area contributed by atoms with E-state index in [0.29, 0.717) is 23.8 Å². The number of carboxylic acid groups (broad SMARTS) is 1. The third kappa shape index (κ3) is 6.58. The van der Waals surface area contributed by atoms with E-state index in [-0.39, 0.29) is 18.7 Å². The second kappa shape index (κ2) is 10.5. The minimum atomic E-state index is -0.971. The summed E-state index contributed by atoms with van der Waals surface area (Å²) in [5, 5.41) is 12.5. The number of carbonyl (C=O) groups is 2. The molecule has 0 aliphatic rings. The van der Waals surface area contributed by atoms with Gasteiger partial charge in [0, 0.05) is 18.7 Å². The van der Waals surface area contributed by atoms with Crippen molar-refractivity contribution in [3.63, 3.8) is 0 Å². The third-order valence-corrected chi connectivity index (χ3v) is 4.15. The van der Waals surface area contributed by atoms with Gasteiger partial charge in [-0.3, -0.25) is 9.59 Å². The Hall–Kier alpha value is -2.57. The number of methoxy groups -OCH3 is 1. The normalized spacial score (nSPS) is 11.6. The van der Waals surface area contributed by atoms with E-state index in [1.807, 2.05) is 30.3 Å². The van der Waals surface area contributed by atoms with Gasteiger partial charge in [-0.15, -0.1) is 0 Å². The topological polar surface area (TPSA) is 84.9 Å². The first-order valence-electron chi connectivity index (χ1n) is 8.47. The van der Waals surface area contributed by atoms with Crippen LogP contribution in [-0.2, 0) is 16.0 Å². The SMILES string of the molecule is COCCOc1ccc(Cl)cc1C(=O)NCC(Cc1ccccc1)C(=O)O. The van der Waals surface area contributed by atoms with Crippen LogP contribution in [0.3, 0.4) is 0 Å². The number of benzene rings is 2. The molecule has 0 saturated carbocycles. The van der Waals surface area contributed by atoms with Crippen molar-refractivity contribution in [1.82, 2.24) is 5.32 Å². The number of carbonyl (C=O) groups excluding carboxylic acids is 1. The highest BCUT2D eigenvalue weighted by Crippen LogP contribution is 2.23. The first-order chi connectivity index (χ1) is 13.0. The quantitative estimate of drug-likeness (QED) is 0.608. The number of aliphatic carboxylic acids is 1. The van der Waals surface area contributed by atoms with Gasteiger partial charge < -0.3 is 19.9 Å². The zero-order chi connectivity index (χ0) is 19.6. The van der Waals surface area contributed by atoms with Gasteiger partial charge in [-0.25, -0.2) is 0 Å². The molecular formula is C20H22ClNO5. The number of amides is 1. The molecule has 0 aromatic heterocycles. The molecule has 27 heavy (non-hydrogen) atoms. The molecule has 0 bridgehead atoms. The summed E-state index contributed by atoms with van der Waals surface area (Å²) in [5.74, 6) is -1.79. The van der Waals surface area contributed by atoms with E-state index in [9.17, 15) is 14.7 Å². The van der Waals surface area contributed by atoms with Crippen LogP contribution < -0.4 is 10.1 Å². The molecule has 0 aliphatic carbocycles. The van der Waals surface area contributed by atoms with E-state index in [2.05, 4.69) is 5.32 Å². The summed E-state index contributed by atoms with van der Waals surface area (Å²) in [6.07, 6.45) is 0.323. The van der Waals surface area contributed by atoms with Crippen molar-refractivity contribution in [2.45, 2.75) is 6.42 Å². The highest BCUT2D eigenvalue weighted by Gasteiger charge is 2.21. The predicted octanol–water partition coefficient (Wildman–Crippen LogP) is 3.04.